The number of carbonyl (C=O) groups is 1. The van der Waals surface area contributed by atoms with Gasteiger partial charge in [-0.25, -0.2) is 4.39 Å². The lowest BCUT2D eigenvalue weighted by Gasteiger charge is -2.39. The minimum atomic E-state index is -0.350. The van der Waals surface area contributed by atoms with Crippen LogP contribution in [0.5, 0.6) is 0 Å². The molecule has 21 heavy (non-hydrogen) atoms. The Balaban J connectivity index is 2.09. The molecule has 2 nitrogen and oxygen atoms in total. The Bertz CT molecular complexity index is 620. The van der Waals surface area contributed by atoms with Crippen LogP contribution in [0.4, 0.5) is 10.1 Å². The Morgan fingerprint density at radius 3 is 2.33 bits per heavy atom. The summed E-state index contributed by atoms with van der Waals surface area (Å²) < 4.78 is 13.5. The quantitative estimate of drug-likeness (QED) is 0.768. The van der Waals surface area contributed by atoms with Crippen LogP contribution in [0.1, 0.15) is 31.2 Å². The molecule has 1 aliphatic rings. The highest BCUT2D eigenvalue weighted by atomic mass is 19.1. The summed E-state index contributed by atoms with van der Waals surface area (Å²) >= 11 is 0. The lowest BCUT2D eigenvalue weighted by Crippen LogP contribution is -2.43. The summed E-state index contributed by atoms with van der Waals surface area (Å²) in [5.74, 6) is -0.319. The maximum Gasteiger partial charge on any atom is 0.214 e. The molecule has 0 aliphatic heterocycles. The van der Waals surface area contributed by atoms with Crippen LogP contribution in [-0.2, 0) is 10.3 Å². The van der Waals surface area contributed by atoms with Crippen LogP contribution in [0.15, 0.2) is 54.6 Å². The van der Waals surface area contributed by atoms with Gasteiger partial charge in [0.1, 0.15) is 5.82 Å². The van der Waals surface area contributed by atoms with Gasteiger partial charge in [0.15, 0.2) is 0 Å². The van der Waals surface area contributed by atoms with E-state index in [1.54, 1.807) is 17.0 Å². The molecule has 108 valence electrons. The molecule has 3 rings (SSSR count). The van der Waals surface area contributed by atoms with Crippen molar-refractivity contribution < 1.29 is 9.18 Å². The van der Waals surface area contributed by atoms with Crippen molar-refractivity contribution in [1.82, 2.24) is 0 Å². The van der Waals surface area contributed by atoms with Crippen LogP contribution in [0, 0.1) is 5.82 Å². The van der Waals surface area contributed by atoms with E-state index in [1.807, 2.05) is 18.2 Å². The second kappa shape index (κ2) is 5.68. The van der Waals surface area contributed by atoms with Crippen molar-refractivity contribution in [3.8, 4) is 0 Å². The summed E-state index contributed by atoms with van der Waals surface area (Å²) in [5.41, 5.74) is 1.39. The highest BCUT2D eigenvalue weighted by Gasteiger charge is 2.41. The molecule has 0 aromatic heterocycles. The first-order chi connectivity index (χ1) is 10.3. The maximum atomic E-state index is 13.5. The van der Waals surface area contributed by atoms with Crippen LogP contribution < -0.4 is 4.90 Å². The predicted molar refractivity (Wildman–Crippen MR) is 81.5 cm³/mol. The molecule has 1 amide bonds. The van der Waals surface area contributed by atoms with Crippen molar-refractivity contribution in [2.75, 3.05) is 4.90 Å². The van der Waals surface area contributed by atoms with E-state index in [0.29, 0.717) is 5.69 Å². The minimum absolute atomic E-state index is 0.319. The van der Waals surface area contributed by atoms with Crippen molar-refractivity contribution in [2.24, 2.45) is 0 Å². The lowest BCUT2D eigenvalue weighted by atomic mass is 9.86. The SMILES string of the molecule is O=CN(c1cccc(F)c1)C1(c2ccccc2)CCCC1. The first kappa shape index (κ1) is 13.8. The number of rotatable bonds is 4. The smallest absolute Gasteiger partial charge is 0.214 e. The molecule has 0 N–H and O–H groups in total. The monoisotopic (exact) mass is 283 g/mol. The molecule has 2 aromatic rings. The Morgan fingerprint density at radius 2 is 1.71 bits per heavy atom. The average molecular weight is 283 g/mol. The second-order valence-electron chi connectivity index (χ2n) is 5.56. The number of anilines is 1. The van der Waals surface area contributed by atoms with Crippen molar-refractivity contribution in [1.29, 1.82) is 0 Å². The average Bonchev–Trinajstić information content (AvgIpc) is 3.00. The van der Waals surface area contributed by atoms with Gasteiger partial charge in [0.2, 0.25) is 6.41 Å². The van der Waals surface area contributed by atoms with Gasteiger partial charge >= 0.3 is 0 Å². The summed E-state index contributed by atoms with van der Waals surface area (Å²) in [7, 11) is 0. The fourth-order valence-corrected chi connectivity index (χ4v) is 3.41. The van der Waals surface area contributed by atoms with Gasteiger partial charge in [0, 0.05) is 5.69 Å². The molecule has 0 bridgehead atoms. The first-order valence-corrected chi connectivity index (χ1v) is 7.32. The fourth-order valence-electron chi connectivity index (χ4n) is 3.41. The van der Waals surface area contributed by atoms with Gasteiger partial charge in [-0.1, -0.05) is 49.2 Å². The molecule has 0 atom stereocenters. The minimum Gasteiger partial charge on any atom is -0.305 e. The van der Waals surface area contributed by atoms with E-state index in [-0.39, 0.29) is 11.4 Å². The molecule has 0 radical (unpaired) electrons. The number of halogens is 1. The van der Waals surface area contributed by atoms with Gasteiger partial charge in [-0.15, -0.1) is 0 Å². The Morgan fingerprint density at radius 1 is 1.00 bits per heavy atom. The van der Waals surface area contributed by atoms with Crippen molar-refractivity contribution in [2.45, 2.75) is 31.2 Å². The van der Waals surface area contributed by atoms with Gasteiger partial charge in [-0.3, -0.25) is 4.79 Å². The molecule has 2 aromatic carbocycles. The standard InChI is InChI=1S/C18H18FNO/c19-16-9-6-10-17(13-16)20(14-21)18(11-4-5-12-18)15-7-2-1-3-8-15/h1-3,6-10,13-14H,4-5,11-12H2. The van der Waals surface area contributed by atoms with E-state index in [9.17, 15) is 9.18 Å². The van der Waals surface area contributed by atoms with E-state index < -0.39 is 0 Å². The number of benzene rings is 2. The van der Waals surface area contributed by atoms with Crippen LogP contribution >= 0.6 is 0 Å². The highest BCUT2D eigenvalue weighted by molar-refractivity contribution is 5.78. The zero-order valence-corrected chi connectivity index (χ0v) is 11.8. The molecule has 0 spiro atoms. The number of nitrogens with zero attached hydrogens (tertiary/aromatic N) is 1. The Labute approximate surface area is 124 Å². The number of amides is 1. The van der Waals surface area contributed by atoms with Crippen LogP contribution in [0.2, 0.25) is 0 Å². The zero-order chi connectivity index (χ0) is 14.7. The molecular formula is C18H18FNO. The number of hydrogen-bond donors (Lipinski definition) is 0. The van der Waals surface area contributed by atoms with Crippen LogP contribution in [0.25, 0.3) is 0 Å². The van der Waals surface area contributed by atoms with Crippen molar-refractivity contribution in [3.63, 3.8) is 0 Å². The summed E-state index contributed by atoms with van der Waals surface area (Å²) in [4.78, 5) is 13.5. The van der Waals surface area contributed by atoms with E-state index in [2.05, 4.69) is 12.1 Å². The van der Waals surface area contributed by atoms with E-state index in [4.69, 9.17) is 0 Å². The fraction of sp³-hybridized carbons (Fsp3) is 0.278. The number of hydrogen-bond acceptors (Lipinski definition) is 1. The lowest BCUT2D eigenvalue weighted by molar-refractivity contribution is -0.108. The van der Waals surface area contributed by atoms with Crippen LogP contribution in [-0.4, -0.2) is 6.41 Å². The van der Waals surface area contributed by atoms with E-state index in [0.717, 1.165) is 37.7 Å². The third kappa shape index (κ3) is 2.44. The number of carbonyl (C=O) groups excluding carboxylic acids is 1. The summed E-state index contributed by atoms with van der Waals surface area (Å²) in [6.07, 6.45) is 4.81. The summed E-state index contributed by atoms with van der Waals surface area (Å²) in [6, 6.07) is 16.3. The van der Waals surface area contributed by atoms with E-state index >= 15 is 0 Å². The largest absolute Gasteiger partial charge is 0.305 e. The molecule has 3 heteroatoms. The summed E-state index contributed by atoms with van der Waals surface area (Å²) in [6.45, 7) is 0. The molecule has 1 saturated carbocycles. The first-order valence-electron chi connectivity index (χ1n) is 7.32. The second-order valence-corrected chi connectivity index (χ2v) is 5.56. The van der Waals surface area contributed by atoms with Gasteiger partial charge in [0.25, 0.3) is 0 Å². The zero-order valence-electron chi connectivity index (χ0n) is 11.8. The highest BCUT2D eigenvalue weighted by Crippen LogP contribution is 2.45. The molecule has 1 aliphatic carbocycles. The molecule has 0 unspecified atom stereocenters. The Hall–Kier alpha value is -2.16. The molecule has 0 saturated heterocycles. The van der Waals surface area contributed by atoms with Gasteiger partial charge in [-0.2, -0.15) is 0 Å². The summed E-state index contributed by atoms with van der Waals surface area (Å²) in [5, 5.41) is 0. The molecule has 1 fully saturated rings. The van der Waals surface area contributed by atoms with Gasteiger partial charge < -0.3 is 4.90 Å². The Kier molecular flexibility index (Phi) is 3.74. The molecule has 0 heterocycles. The third-order valence-electron chi connectivity index (χ3n) is 4.39. The topological polar surface area (TPSA) is 20.3 Å². The van der Waals surface area contributed by atoms with E-state index in [1.165, 1.54) is 12.1 Å². The predicted octanol–water partition coefficient (Wildman–Crippen LogP) is 4.26. The normalized spacial score (nSPS) is 16.6. The van der Waals surface area contributed by atoms with Gasteiger partial charge in [0.05, 0.1) is 5.54 Å². The third-order valence-corrected chi connectivity index (χ3v) is 4.39. The maximum absolute atomic E-state index is 13.5. The van der Waals surface area contributed by atoms with Crippen molar-refractivity contribution in [3.05, 3.63) is 66.0 Å². The van der Waals surface area contributed by atoms with Gasteiger partial charge in [-0.05, 0) is 36.6 Å². The van der Waals surface area contributed by atoms with Crippen molar-refractivity contribution >= 4 is 12.1 Å². The molecular weight excluding hydrogens is 265 g/mol. The van der Waals surface area contributed by atoms with Crippen LogP contribution in [0.3, 0.4) is 0 Å².